The molecule has 1 amide bonds. The highest BCUT2D eigenvalue weighted by Crippen LogP contribution is 2.44. The molecule has 0 saturated heterocycles. The van der Waals surface area contributed by atoms with Crippen LogP contribution < -0.4 is 11.1 Å². The van der Waals surface area contributed by atoms with Crippen LogP contribution in [0.3, 0.4) is 0 Å². The number of carbonyl (C=O) groups is 2. The minimum absolute atomic E-state index is 0.0356. The van der Waals surface area contributed by atoms with Gasteiger partial charge in [-0.25, -0.2) is 4.79 Å². The van der Waals surface area contributed by atoms with E-state index in [1.807, 2.05) is 36.4 Å². The maximum Gasteiger partial charge on any atom is 0.407 e. The van der Waals surface area contributed by atoms with Crippen LogP contribution in [0.25, 0.3) is 17.2 Å². The number of benzene rings is 3. The van der Waals surface area contributed by atoms with E-state index in [-0.39, 0.29) is 18.3 Å². The van der Waals surface area contributed by atoms with Crippen molar-refractivity contribution in [2.24, 2.45) is 0 Å². The predicted octanol–water partition coefficient (Wildman–Crippen LogP) is 5.02. The van der Waals surface area contributed by atoms with Crippen LogP contribution in [0.1, 0.15) is 39.9 Å². The lowest BCUT2D eigenvalue weighted by Crippen LogP contribution is -2.26. The summed E-state index contributed by atoms with van der Waals surface area (Å²) in [6.45, 7) is 2.08. The standard InChI is InChI=1S/C26H24N2O3/c1-17(29)23-15-18(12-13-25(23)27)7-6-14-28-26(30)31-16-24-21-10-4-2-8-19(21)20-9-3-5-11-22(20)24/h2-13,15,24H,14,16,27H2,1H3,(H,28,30). The molecule has 3 N–H and O–H groups in total. The Bertz CT molecular complexity index is 1120. The van der Waals surface area contributed by atoms with Crippen LogP contribution in [-0.2, 0) is 4.74 Å². The molecule has 0 atom stereocenters. The van der Waals surface area contributed by atoms with E-state index in [2.05, 4.69) is 29.6 Å². The quantitative estimate of drug-likeness (QED) is 0.440. The molecule has 0 unspecified atom stereocenters. The lowest BCUT2D eigenvalue weighted by molar-refractivity contribution is 0.101. The second-order valence-electron chi connectivity index (χ2n) is 7.51. The number of rotatable bonds is 6. The van der Waals surface area contributed by atoms with Gasteiger partial charge >= 0.3 is 6.09 Å². The third-order valence-corrected chi connectivity index (χ3v) is 5.47. The number of nitrogens with one attached hydrogen (secondary N) is 1. The zero-order chi connectivity index (χ0) is 21.8. The highest BCUT2D eigenvalue weighted by Gasteiger charge is 2.28. The van der Waals surface area contributed by atoms with Crippen LogP contribution in [-0.4, -0.2) is 25.0 Å². The Labute approximate surface area is 181 Å². The highest BCUT2D eigenvalue weighted by atomic mass is 16.5. The van der Waals surface area contributed by atoms with Crippen molar-refractivity contribution < 1.29 is 14.3 Å². The molecule has 0 saturated carbocycles. The van der Waals surface area contributed by atoms with Gasteiger partial charge in [-0.1, -0.05) is 66.7 Å². The Morgan fingerprint density at radius 3 is 2.29 bits per heavy atom. The first-order valence-corrected chi connectivity index (χ1v) is 10.2. The van der Waals surface area contributed by atoms with Gasteiger partial charge in [0, 0.05) is 23.7 Å². The fourth-order valence-corrected chi connectivity index (χ4v) is 3.97. The fraction of sp³-hybridized carbons (Fsp3) is 0.154. The average Bonchev–Trinajstić information content (AvgIpc) is 3.10. The van der Waals surface area contributed by atoms with Gasteiger partial charge in [-0.05, 0) is 46.9 Å². The molecule has 5 heteroatoms. The number of alkyl carbamates (subject to hydrolysis) is 1. The largest absolute Gasteiger partial charge is 0.449 e. The number of Topliss-reactive ketones (excluding diaryl/α,β-unsaturated/α-hetero) is 1. The predicted molar refractivity (Wildman–Crippen MR) is 123 cm³/mol. The number of anilines is 1. The number of hydrogen-bond acceptors (Lipinski definition) is 4. The second kappa shape index (κ2) is 8.88. The summed E-state index contributed by atoms with van der Waals surface area (Å²) < 4.78 is 5.51. The topological polar surface area (TPSA) is 81.4 Å². The third kappa shape index (κ3) is 4.36. The number of nitrogen functional groups attached to an aromatic ring is 1. The molecule has 0 bridgehead atoms. The molecule has 4 rings (SSSR count). The number of carbonyl (C=O) groups excluding carboxylic acids is 2. The van der Waals surface area contributed by atoms with Gasteiger partial charge in [-0.2, -0.15) is 0 Å². The molecular weight excluding hydrogens is 388 g/mol. The number of hydrogen-bond donors (Lipinski definition) is 2. The summed E-state index contributed by atoms with van der Waals surface area (Å²) in [6.07, 6.45) is 3.17. The van der Waals surface area contributed by atoms with Crippen molar-refractivity contribution in [3.8, 4) is 11.1 Å². The number of nitrogens with two attached hydrogens (primary N) is 1. The van der Waals surface area contributed by atoms with E-state index in [4.69, 9.17) is 10.5 Å². The molecule has 0 spiro atoms. The van der Waals surface area contributed by atoms with Gasteiger partial charge in [-0.3, -0.25) is 4.79 Å². The summed E-state index contributed by atoms with van der Waals surface area (Å²) in [5.74, 6) is -0.0435. The summed E-state index contributed by atoms with van der Waals surface area (Å²) in [7, 11) is 0. The van der Waals surface area contributed by atoms with E-state index in [0.717, 1.165) is 5.56 Å². The number of ketones is 1. The molecule has 0 aromatic heterocycles. The van der Waals surface area contributed by atoms with Crippen LogP contribution in [0.2, 0.25) is 0 Å². The van der Waals surface area contributed by atoms with Crippen molar-refractivity contribution in [3.63, 3.8) is 0 Å². The van der Waals surface area contributed by atoms with Crippen molar-refractivity contribution in [1.82, 2.24) is 5.32 Å². The molecule has 5 nitrogen and oxygen atoms in total. The van der Waals surface area contributed by atoms with E-state index < -0.39 is 6.09 Å². The lowest BCUT2D eigenvalue weighted by atomic mass is 9.98. The molecule has 3 aromatic rings. The summed E-state index contributed by atoms with van der Waals surface area (Å²) in [5, 5.41) is 2.73. The maximum atomic E-state index is 12.2. The Morgan fingerprint density at radius 1 is 1.00 bits per heavy atom. The second-order valence-corrected chi connectivity index (χ2v) is 7.51. The Hall–Kier alpha value is -3.86. The Balaban J connectivity index is 1.33. The van der Waals surface area contributed by atoms with Gasteiger partial charge < -0.3 is 15.8 Å². The van der Waals surface area contributed by atoms with E-state index in [9.17, 15) is 9.59 Å². The third-order valence-electron chi connectivity index (χ3n) is 5.47. The smallest absolute Gasteiger partial charge is 0.407 e. The normalized spacial score (nSPS) is 12.4. The van der Waals surface area contributed by atoms with Gasteiger partial charge in [0.05, 0.1) is 0 Å². The van der Waals surface area contributed by atoms with E-state index >= 15 is 0 Å². The van der Waals surface area contributed by atoms with Crippen molar-refractivity contribution in [3.05, 3.63) is 95.1 Å². The summed E-state index contributed by atoms with van der Waals surface area (Å²) in [5.41, 5.74) is 12.4. The van der Waals surface area contributed by atoms with Crippen LogP contribution >= 0.6 is 0 Å². The van der Waals surface area contributed by atoms with E-state index in [0.29, 0.717) is 17.8 Å². The van der Waals surface area contributed by atoms with Crippen molar-refractivity contribution in [1.29, 1.82) is 0 Å². The monoisotopic (exact) mass is 412 g/mol. The van der Waals surface area contributed by atoms with Gasteiger partial charge in [0.1, 0.15) is 6.61 Å². The highest BCUT2D eigenvalue weighted by molar-refractivity contribution is 5.99. The molecule has 0 radical (unpaired) electrons. The molecule has 0 aliphatic heterocycles. The molecule has 3 aromatic carbocycles. The van der Waals surface area contributed by atoms with Gasteiger partial charge in [0.2, 0.25) is 0 Å². The molecule has 1 aliphatic carbocycles. The molecule has 1 aliphatic rings. The van der Waals surface area contributed by atoms with E-state index in [1.54, 1.807) is 18.2 Å². The number of amides is 1. The van der Waals surface area contributed by atoms with Crippen LogP contribution in [0.5, 0.6) is 0 Å². The Morgan fingerprint density at radius 2 is 1.65 bits per heavy atom. The summed E-state index contributed by atoms with van der Waals surface area (Å²) in [6, 6.07) is 21.7. The van der Waals surface area contributed by atoms with Crippen molar-refractivity contribution >= 4 is 23.6 Å². The van der Waals surface area contributed by atoms with Crippen LogP contribution in [0.4, 0.5) is 10.5 Å². The van der Waals surface area contributed by atoms with Crippen LogP contribution in [0.15, 0.2) is 72.8 Å². The maximum absolute atomic E-state index is 12.2. The minimum Gasteiger partial charge on any atom is -0.449 e. The first kappa shape index (κ1) is 20.4. The van der Waals surface area contributed by atoms with Gasteiger partial charge in [-0.15, -0.1) is 0 Å². The number of ether oxygens (including phenoxy) is 1. The molecular formula is C26H24N2O3. The number of fused-ring (bicyclic) bond motifs is 3. The fourth-order valence-electron chi connectivity index (χ4n) is 3.97. The Kier molecular flexibility index (Phi) is 5.85. The molecule has 0 heterocycles. The van der Waals surface area contributed by atoms with E-state index in [1.165, 1.54) is 29.2 Å². The average molecular weight is 412 g/mol. The minimum atomic E-state index is -0.465. The van der Waals surface area contributed by atoms with Crippen LogP contribution in [0, 0.1) is 0 Å². The SMILES string of the molecule is CC(=O)c1cc(C=CCNC(=O)OCC2c3ccccc3-c3ccccc32)ccc1N. The zero-order valence-corrected chi connectivity index (χ0v) is 17.3. The molecule has 156 valence electrons. The van der Waals surface area contributed by atoms with Crippen molar-refractivity contribution in [2.75, 3.05) is 18.9 Å². The van der Waals surface area contributed by atoms with Gasteiger partial charge in [0.15, 0.2) is 5.78 Å². The first-order chi connectivity index (χ1) is 15.0. The van der Waals surface area contributed by atoms with Gasteiger partial charge in [0.25, 0.3) is 0 Å². The zero-order valence-electron chi connectivity index (χ0n) is 17.3. The first-order valence-electron chi connectivity index (χ1n) is 10.2. The summed E-state index contributed by atoms with van der Waals surface area (Å²) >= 11 is 0. The summed E-state index contributed by atoms with van der Waals surface area (Å²) in [4.78, 5) is 23.8. The molecule has 0 fully saturated rings. The van der Waals surface area contributed by atoms with Crippen molar-refractivity contribution in [2.45, 2.75) is 12.8 Å². The lowest BCUT2D eigenvalue weighted by Gasteiger charge is -2.14. The molecule has 31 heavy (non-hydrogen) atoms.